The summed E-state index contributed by atoms with van der Waals surface area (Å²) in [7, 11) is 0. The Labute approximate surface area is 112 Å². The van der Waals surface area contributed by atoms with Crippen LogP contribution in [-0.4, -0.2) is 16.2 Å². The summed E-state index contributed by atoms with van der Waals surface area (Å²) in [6, 6.07) is 13.1. The van der Waals surface area contributed by atoms with Gasteiger partial charge in [0.15, 0.2) is 0 Å². The highest BCUT2D eigenvalue weighted by Crippen LogP contribution is 2.32. The fourth-order valence-corrected chi connectivity index (χ4v) is 1.76. The minimum atomic E-state index is -1.10. The van der Waals surface area contributed by atoms with Gasteiger partial charge in [0.2, 0.25) is 0 Å². The zero-order valence-electron chi connectivity index (χ0n) is 10.9. The molecular weight excluding hydrogens is 240 g/mol. The quantitative estimate of drug-likeness (QED) is 0.731. The lowest BCUT2D eigenvalue weighted by Gasteiger charge is -2.06. The van der Waals surface area contributed by atoms with Crippen molar-refractivity contribution < 1.29 is 15.0 Å². The molecule has 2 N–H and O–H groups in total. The number of fused-ring (bicyclic) bond motifs is 1. The van der Waals surface area contributed by atoms with Crippen molar-refractivity contribution in [3.05, 3.63) is 53.6 Å². The molecule has 1 aromatic rings. The third-order valence-corrected chi connectivity index (χ3v) is 3.03. The standard InChI is InChI=1S/C10H12O3.C6H4/c1-6(2)7-3-4-9(11)8(5-7)10(12)13;1-2-5-4-6(5)3-1/h3-6,11H,1-2H3,(H,12,13);1-4H. The summed E-state index contributed by atoms with van der Waals surface area (Å²) < 4.78 is 0. The van der Waals surface area contributed by atoms with Crippen molar-refractivity contribution >= 4 is 5.97 Å². The fourth-order valence-electron chi connectivity index (χ4n) is 1.76. The van der Waals surface area contributed by atoms with E-state index in [9.17, 15) is 9.90 Å². The number of aromatic carboxylic acids is 1. The van der Waals surface area contributed by atoms with Gasteiger partial charge in [0.1, 0.15) is 11.3 Å². The van der Waals surface area contributed by atoms with Crippen LogP contribution in [0.25, 0.3) is 11.1 Å². The van der Waals surface area contributed by atoms with E-state index in [0.29, 0.717) is 0 Å². The van der Waals surface area contributed by atoms with E-state index in [4.69, 9.17) is 5.11 Å². The molecule has 0 heterocycles. The minimum absolute atomic E-state index is 0.0359. The Balaban J connectivity index is 0.000000180. The Morgan fingerprint density at radius 2 is 1.68 bits per heavy atom. The molecule has 0 radical (unpaired) electrons. The molecule has 3 heteroatoms. The van der Waals surface area contributed by atoms with Crippen molar-refractivity contribution in [1.82, 2.24) is 0 Å². The molecule has 0 amide bonds. The third-order valence-electron chi connectivity index (χ3n) is 3.03. The normalized spacial score (nSPS) is 10.7. The first-order chi connectivity index (χ1) is 8.99. The van der Waals surface area contributed by atoms with Gasteiger partial charge in [-0.3, -0.25) is 0 Å². The second-order valence-corrected chi connectivity index (χ2v) is 4.82. The van der Waals surface area contributed by atoms with E-state index in [0.717, 1.165) is 5.56 Å². The topological polar surface area (TPSA) is 57.5 Å². The molecule has 0 saturated carbocycles. The van der Waals surface area contributed by atoms with E-state index in [2.05, 4.69) is 24.3 Å². The number of hydrogen-bond donors (Lipinski definition) is 2. The summed E-state index contributed by atoms with van der Waals surface area (Å²) in [5, 5.41) is 17.9. The van der Waals surface area contributed by atoms with Gasteiger partial charge in [0, 0.05) is 0 Å². The summed E-state index contributed by atoms with van der Waals surface area (Å²) in [6.45, 7) is 3.94. The van der Waals surface area contributed by atoms with Crippen LogP contribution in [-0.2, 0) is 0 Å². The number of carboxylic acid groups (broad SMARTS) is 1. The molecular formula is C16H16O3. The SMILES string of the molecule is CC(C)c1ccc(O)c(C(=O)O)c1.c1cc2cc-2c1. The highest BCUT2D eigenvalue weighted by Gasteiger charge is 2.11. The van der Waals surface area contributed by atoms with Crippen LogP contribution in [0.15, 0.2) is 42.5 Å². The van der Waals surface area contributed by atoms with Crippen LogP contribution in [0.4, 0.5) is 0 Å². The van der Waals surface area contributed by atoms with Gasteiger partial charge in [0.25, 0.3) is 0 Å². The zero-order valence-corrected chi connectivity index (χ0v) is 10.9. The molecule has 1 aromatic carbocycles. The molecule has 0 unspecified atom stereocenters. The van der Waals surface area contributed by atoms with E-state index in [1.807, 2.05) is 13.8 Å². The summed E-state index contributed by atoms with van der Waals surface area (Å²) in [6.07, 6.45) is 0. The van der Waals surface area contributed by atoms with E-state index in [1.54, 1.807) is 6.07 Å². The van der Waals surface area contributed by atoms with Crippen LogP contribution in [0.3, 0.4) is 0 Å². The molecule has 0 spiro atoms. The van der Waals surface area contributed by atoms with E-state index >= 15 is 0 Å². The van der Waals surface area contributed by atoms with E-state index < -0.39 is 5.97 Å². The third kappa shape index (κ3) is 3.13. The second kappa shape index (κ2) is 5.14. The van der Waals surface area contributed by atoms with Crippen LogP contribution in [0.5, 0.6) is 5.75 Å². The molecule has 2 aliphatic rings. The summed E-state index contributed by atoms with van der Waals surface area (Å²) in [4.78, 5) is 10.6. The summed E-state index contributed by atoms with van der Waals surface area (Å²) in [5.74, 6) is -1.02. The van der Waals surface area contributed by atoms with Gasteiger partial charge in [-0.05, 0) is 40.8 Å². The Kier molecular flexibility index (Phi) is 3.56. The fraction of sp³-hybridized carbons (Fsp3) is 0.188. The molecule has 2 aliphatic carbocycles. The average molecular weight is 256 g/mol. The van der Waals surface area contributed by atoms with Gasteiger partial charge in [-0.2, -0.15) is 0 Å². The number of aromatic hydroxyl groups is 1. The Hall–Kier alpha value is -2.29. The van der Waals surface area contributed by atoms with E-state index in [1.165, 1.54) is 23.3 Å². The molecule has 0 aliphatic heterocycles. The van der Waals surface area contributed by atoms with Gasteiger partial charge in [-0.25, -0.2) is 4.79 Å². The lowest BCUT2D eigenvalue weighted by atomic mass is 10.0. The lowest BCUT2D eigenvalue weighted by molar-refractivity contribution is 0.0693. The van der Waals surface area contributed by atoms with Crippen LogP contribution in [0.2, 0.25) is 0 Å². The average Bonchev–Trinajstić information content (AvgIpc) is 2.96. The predicted molar refractivity (Wildman–Crippen MR) is 74.6 cm³/mol. The maximum atomic E-state index is 10.6. The number of hydrogen-bond acceptors (Lipinski definition) is 2. The van der Waals surface area contributed by atoms with Crippen molar-refractivity contribution in [2.45, 2.75) is 19.8 Å². The highest BCUT2D eigenvalue weighted by atomic mass is 16.4. The molecule has 0 saturated heterocycles. The largest absolute Gasteiger partial charge is 0.507 e. The number of carboxylic acids is 1. The van der Waals surface area contributed by atoms with Crippen LogP contribution >= 0.6 is 0 Å². The van der Waals surface area contributed by atoms with Gasteiger partial charge < -0.3 is 10.2 Å². The minimum Gasteiger partial charge on any atom is -0.507 e. The molecule has 0 fully saturated rings. The van der Waals surface area contributed by atoms with Gasteiger partial charge >= 0.3 is 5.97 Å². The second-order valence-electron chi connectivity index (χ2n) is 4.82. The lowest BCUT2D eigenvalue weighted by Crippen LogP contribution is -1.98. The molecule has 3 nitrogen and oxygen atoms in total. The molecule has 3 rings (SSSR count). The van der Waals surface area contributed by atoms with Crippen LogP contribution in [0.1, 0.15) is 35.7 Å². The monoisotopic (exact) mass is 256 g/mol. The summed E-state index contributed by atoms with van der Waals surface area (Å²) >= 11 is 0. The van der Waals surface area contributed by atoms with Gasteiger partial charge in [0.05, 0.1) is 0 Å². The summed E-state index contributed by atoms with van der Waals surface area (Å²) in [5.41, 5.74) is 3.73. The molecule has 19 heavy (non-hydrogen) atoms. The maximum absolute atomic E-state index is 10.6. The van der Waals surface area contributed by atoms with Crippen molar-refractivity contribution in [2.24, 2.45) is 0 Å². The van der Waals surface area contributed by atoms with Crippen molar-refractivity contribution in [2.75, 3.05) is 0 Å². The Bertz CT molecular complexity index is 598. The molecule has 0 bridgehead atoms. The van der Waals surface area contributed by atoms with E-state index in [-0.39, 0.29) is 17.2 Å². The van der Waals surface area contributed by atoms with Gasteiger partial charge in [-0.15, -0.1) is 0 Å². The Morgan fingerprint density at radius 3 is 2.05 bits per heavy atom. The van der Waals surface area contributed by atoms with Crippen LogP contribution in [0, 0.1) is 0 Å². The van der Waals surface area contributed by atoms with Gasteiger partial charge in [-0.1, -0.05) is 38.1 Å². The first-order valence-corrected chi connectivity index (χ1v) is 6.15. The molecule has 98 valence electrons. The smallest absolute Gasteiger partial charge is 0.339 e. The Morgan fingerprint density at radius 1 is 1.05 bits per heavy atom. The highest BCUT2D eigenvalue weighted by molar-refractivity contribution is 5.90. The molecule has 0 aromatic heterocycles. The number of phenols is 1. The number of carbonyl (C=O) groups is 1. The van der Waals surface area contributed by atoms with Crippen molar-refractivity contribution in [3.8, 4) is 16.9 Å². The first-order valence-electron chi connectivity index (χ1n) is 6.15. The van der Waals surface area contributed by atoms with Crippen molar-refractivity contribution in [1.29, 1.82) is 0 Å². The van der Waals surface area contributed by atoms with Crippen LogP contribution < -0.4 is 0 Å². The first kappa shape index (κ1) is 13.1. The number of rotatable bonds is 2. The molecule has 0 atom stereocenters. The maximum Gasteiger partial charge on any atom is 0.339 e. The number of benzene rings is 2. The predicted octanol–water partition coefficient (Wildman–Crippen LogP) is 3.88. The van der Waals surface area contributed by atoms with Crippen molar-refractivity contribution in [3.63, 3.8) is 0 Å². The zero-order chi connectivity index (χ0) is 14.0.